The van der Waals surface area contributed by atoms with Crippen LogP contribution in [0.2, 0.25) is 0 Å². The first-order chi connectivity index (χ1) is 18.3. The summed E-state index contributed by atoms with van der Waals surface area (Å²) in [5.74, 6) is -1.10. The molecule has 5 heteroatoms. The van der Waals surface area contributed by atoms with Crippen LogP contribution < -0.4 is 10.1 Å². The zero-order valence-electron chi connectivity index (χ0n) is 22.7. The van der Waals surface area contributed by atoms with Crippen molar-refractivity contribution in [1.29, 1.82) is 0 Å². The molecule has 0 spiro atoms. The van der Waals surface area contributed by atoms with E-state index in [1.54, 1.807) is 0 Å². The Labute approximate surface area is 225 Å². The molecule has 1 saturated carbocycles. The Morgan fingerprint density at radius 2 is 1.68 bits per heavy atom. The zero-order chi connectivity index (χ0) is 27.1. The molecule has 3 aromatic carbocycles. The molecule has 3 nitrogen and oxygen atoms in total. The molecule has 1 amide bonds. The highest BCUT2D eigenvalue weighted by molar-refractivity contribution is 5.84. The highest BCUT2D eigenvalue weighted by atomic mass is 19.2. The summed E-state index contributed by atoms with van der Waals surface area (Å²) in [6.07, 6.45) is 6.59. The van der Waals surface area contributed by atoms with Crippen molar-refractivity contribution in [2.75, 3.05) is 0 Å². The van der Waals surface area contributed by atoms with Gasteiger partial charge in [-0.15, -0.1) is 0 Å². The summed E-state index contributed by atoms with van der Waals surface area (Å²) < 4.78 is 33.4. The molecular weight excluding hydrogens is 480 g/mol. The van der Waals surface area contributed by atoms with Crippen molar-refractivity contribution in [3.05, 3.63) is 101 Å². The van der Waals surface area contributed by atoms with Crippen molar-refractivity contribution >= 4 is 5.91 Å². The minimum Gasteiger partial charge on any atom is -0.490 e. The second-order valence-electron chi connectivity index (χ2n) is 10.9. The lowest BCUT2D eigenvalue weighted by Gasteiger charge is -2.31. The Kier molecular flexibility index (Phi) is 9.54. The maximum atomic E-state index is 13.8. The minimum absolute atomic E-state index is 0.0838. The van der Waals surface area contributed by atoms with Crippen LogP contribution in [0.25, 0.3) is 0 Å². The van der Waals surface area contributed by atoms with E-state index in [0.717, 1.165) is 54.7 Å². The van der Waals surface area contributed by atoms with Crippen LogP contribution in [0.15, 0.2) is 66.7 Å². The average molecular weight is 520 g/mol. The molecule has 0 aliphatic heterocycles. The lowest BCUT2D eigenvalue weighted by Crippen LogP contribution is -2.35. The Morgan fingerprint density at radius 3 is 2.34 bits per heavy atom. The van der Waals surface area contributed by atoms with Crippen molar-refractivity contribution in [2.45, 2.75) is 77.9 Å². The summed E-state index contributed by atoms with van der Waals surface area (Å²) in [7, 11) is 0. The molecule has 1 aliphatic rings. The van der Waals surface area contributed by atoms with Crippen LogP contribution in [0.5, 0.6) is 5.75 Å². The summed E-state index contributed by atoms with van der Waals surface area (Å²) in [6.45, 7) is 6.51. The van der Waals surface area contributed by atoms with Gasteiger partial charge in [0.2, 0.25) is 5.91 Å². The van der Waals surface area contributed by atoms with Gasteiger partial charge in [0, 0.05) is 6.54 Å². The van der Waals surface area contributed by atoms with Crippen molar-refractivity contribution in [3.8, 4) is 5.75 Å². The number of hydrogen-bond donors (Lipinski definition) is 1. The highest BCUT2D eigenvalue weighted by Gasteiger charge is 2.33. The Hall–Kier alpha value is -3.21. The number of carbonyl (C=O) groups excluding carboxylic acids is 1. The van der Waals surface area contributed by atoms with Crippen LogP contribution in [0.3, 0.4) is 0 Å². The molecule has 0 bridgehead atoms. The van der Waals surface area contributed by atoms with E-state index in [9.17, 15) is 13.6 Å². The second kappa shape index (κ2) is 13.0. The molecule has 2 unspecified atom stereocenters. The summed E-state index contributed by atoms with van der Waals surface area (Å²) in [4.78, 5) is 13.8. The molecule has 2 atom stereocenters. The number of halogens is 2. The van der Waals surface area contributed by atoms with E-state index >= 15 is 0 Å². The van der Waals surface area contributed by atoms with E-state index < -0.39 is 11.6 Å². The van der Waals surface area contributed by atoms with Gasteiger partial charge >= 0.3 is 0 Å². The number of benzene rings is 3. The molecule has 1 fully saturated rings. The third-order valence-electron chi connectivity index (χ3n) is 7.81. The largest absolute Gasteiger partial charge is 0.490 e. The van der Waals surface area contributed by atoms with Crippen LogP contribution in [-0.2, 0) is 17.8 Å². The fraction of sp³-hybridized carbons (Fsp3) is 0.424. The number of hydrogen-bond acceptors (Lipinski definition) is 2. The number of carbonyl (C=O) groups is 1. The third kappa shape index (κ3) is 7.21. The molecule has 0 saturated heterocycles. The summed E-state index contributed by atoms with van der Waals surface area (Å²) in [5.41, 5.74) is 3.78. The van der Waals surface area contributed by atoms with E-state index in [1.165, 1.54) is 24.5 Å². The molecule has 0 radical (unpaired) electrons. The molecule has 202 valence electrons. The van der Waals surface area contributed by atoms with Crippen LogP contribution in [0, 0.1) is 30.4 Å². The van der Waals surface area contributed by atoms with Gasteiger partial charge in [0.1, 0.15) is 5.75 Å². The summed E-state index contributed by atoms with van der Waals surface area (Å²) >= 11 is 0. The monoisotopic (exact) mass is 519 g/mol. The number of nitrogens with one attached hydrogen (secondary N) is 1. The maximum Gasteiger partial charge on any atom is 0.228 e. The number of aryl methyl sites for hydroxylation is 2. The number of ether oxygens (including phenoxy) is 1. The molecule has 0 aromatic heterocycles. The van der Waals surface area contributed by atoms with Crippen LogP contribution >= 0.6 is 0 Å². The predicted octanol–water partition coefficient (Wildman–Crippen LogP) is 7.90. The van der Waals surface area contributed by atoms with E-state index in [-0.39, 0.29) is 36.3 Å². The summed E-state index contributed by atoms with van der Waals surface area (Å²) in [6, 6.07) is 20.2. The highest BCUT2D eigenvalue weighted by Crippen LogP contribution is 2.37. The van der Waals surface area contributed by atoms with E-state index in [1.807, 2.05) is 37.3 Å². The Morgan fingerprint density at radius 1 is 0.947 bits per heavy atom. The van der Waals surface area contributed by atoms with Gasteiger partial charge in [-0.25, -0.2) is 8.78 Å². The number of amides is 1. The van der Waals surface area contributed by atoms with Gasteiger partial charge in [-0.1, -0.05) is 56.3 Å². The molecule has 0 heterocycles. The first kappa shape index (κ1) is 27.8. The second-order valence-corrected chi connectivity index (χ2v) is 10.9. The van der Waals surface area contributed by atoms with Crippen molar-refractivity contribution in [2.24, 2.45) is 11.8 Å². The lowest BCUT2D eigenvalue weighted by atomic mass is 9.74. The van der Waals surface area contributed by atoms with Crippen molar-refractivity contribution in [3.63, 3.8) is 0 Å². The Balaban J connectivity index is 1.59. The standard InChI is InChI=1S/C33H39F2NO2/c1-22(2)28(16-13-24-9-5-4-6-10-24)32(33(37)36-21-25-14-18-30(34)31(35)20-25)29-17-15-27(19-23(29)3)38-26-11-7-8-12-26/h4-6,9-10,14-15,17-20,22,26,28,32H,7-8,11-13,16,21H2,1-3H3,(H,36,37). The van der Waals surface area contributed by atoms with Gasteiger partial charge in [-0.3, -0.25) is 4.79 Å². The van der Waals surface area contributed by atoms with E-state index in [0.29, 0.717) is 5.56 Å². The summed E-state index contributed by atoms with van der Waals surface area (Å²) in [5, 5.41) is 3.02. The fourth-order valence-electron chi connectivity index (χ4n) is 5.65. The van der Waals surface area contributed by atoms with E-state index in [2.05, 4.69) is 37.4 Å². The molecular formula is C33H39F2NO2. The van der Waals surface area contributed by atoms with Gasteiger partial charge in [0.05, 0.1) is 12.0 Å². The predicted molar refractivity (Wildman–Crippen MR) is 148 cm³/mol. The van der Waals surface area contributed by atoms with E-state index in [4.69, 9.17) is 4.74 Å². The molecule has 4 rings (SSSR count). The molecule has 1 aliphatic carbocycles. The molecule has 1 N–H and O–H groups in total. The number of rotatable bonds is 11. The van der Waals surface area contributed by atoms with Crippen LogP contribution in [0.1, 0.15) is 74.1 Å². The van der Waals surface area contributed by atoms with Gasteiger partial charge in [0.25, 0.3) is 0 Å². The van der Waals surface area contributed by atoms with Crippen molar-refractivity contribution < 1.29 is 18.3 Å². The van der Waals surface area contributed by atoms with Crippen molar-refractivity contribution in [1.82, 2.24) is 5.32 Å². The zero-order valence-corrected chi connectivity index (χ0v) is 22.7. The molecule has 38 heavy (non-hydrogen) atoms. The lowest BCUT2D eigenvalue weighted by molar-refractivity contribution is -0.124. The third-order valence-corrected chi connectivity index (χ3v) is 7.81. The first-order valence-corrected chi connectivity index (χ1v) is 13.8. The first-order valence-electron chi connectivity index (χ1n) is 13.8. The average Bonchev–Trinajstić information content (AvgIpc) is 3.41. The van der Waals surface area contributed by atoms with Gasteiger partial charge < -0.3 is 10.1 Å². The normalized spacial score (nSPS) is 15.4. The fourth-order valence-corrected chi connectivity index (χ4v) is 5.65. The minimum atomic E-state index is -0.912. The quantitative estimate of drug-likeness (QED) is 0.280. The Bertz CT molecular complexity index is 1200. The van der Waals surface area contributed by atoms with Gasteiger partial charge in [0.15, 0.2) is 11.6 Å². The van der Waals surface area contributed by atoms with Crippen LogP contribution in [0.4, 0.5) is 8.78 Å². The van der Waals surface area contributed by atoms with Crippen LogP contribution in [-0.4, -0.2) is 12.0 Å². The smallest absolute Gasteiger partial charge is 0.228 e. The SMILES string of the molecule is Cc1cc(OC2CCCC2)ccc1C(C(=O)NCc1ccc(F)c(F)c1)C(CCc1ccccc1)C(C)C. The van der Waals surface area contributed by atoms with Gasteiger partial charge in [-0.2, -0.15) is 0 Å². The molecule has 3 aromatic rings. The topological polar surface area (TPSA) is 38.3 Å². The van der Waals surface area contributed by atoms with Gasteiger partial charge in [-0.05, 0) is 104 Å². The maximum absolute atomic E-state index is 13.8.